The first-order valence-corrected chi connectivity index (χ1v) is 6.49. The second kappa shape index (κ2) is 6.45. The van der Waals surface area contributed by atoms with Crippen molar-refractivity contribution in [2.24, 2.45) is 0 Å². The topological polar surface area (TPSA) is 53.4 Å². The lowest BCUT2D eigenvalue weighted by Gasteiger charge is -2.22. The van der Waals surface area contributed by atoms with Crippen LogP contribution in [0.15, 0.2) is 10.7 Å². The summed E-state index contributed by atoms with van der Waals surface area (Å²) < 4.78 is 12.6. The fourth-order valence-corrected chi connectivity index (χ4v) is 2.05. The average molecular weight is 319 g/mol. The minimum absolute atomic E-state index is 0.00216. The Morgan fingerprint density at radius 2 is 2.17 bits per heavy atom. The van der Waals surface area contributed by atoms with E-state index in [1.165, 1.54) is 0 Å². The van der Waals surface area contributed by atoms with E-state index in [-0.39, 0.29) is 5.78 Å². The van der Waals surface area contributed by atoms with E-state index in [1.807, 2.05) is 13.8 Å². The third kappa shape index (κ3) is 3.90. The summed E-state index contributed by atoms with van der Waals surface area (Å²) in [6, 6.07) is 0. The number of carbonyl (C=O) groups excluding carboxylic acids is 1. The van der Waals surface area contributed by atoms with Crippen molar-refractivity contribution in [1.82, 2.24) is 9.78 Å². The lowest BCUT2D eigenvalue weighted by Crippen LogP contribution is -2.28. The molecule has 0 N–H and O–H groups in total. The van der Waals surface area contributed by atoms with Crippen molar-refractivity contribution in [1.29, 1.82) is 0 Å². The number of hydrogen-bond donors (Lipinski definition) is 0. The lowest BCUT2D eigenvalue weighted by atomic mass is 10.00. The summed E-state index contributed by atoms with van der Waals surface area (Å²) in [4.78, 5) is 12.3. The molecule has 0 spiro atoms. The molecule has 0 aliphatic heterocycles. The highest BCUT2D eigenvalue weighted by atomic mass is 79.9. The summed E-state index contributed by atoms with van der Waals surface area (Å²) >= 11 is 3.35. The molecule has 0 aliphatic rings. The summed E-state index contributed by atoms with van der Waals surface area (Å²) in [5, 5.41) is 4.16. The summed E-state index contributed by atoms with van der Waals surface area (Å²) in [6.45, 7) is 4.84. The standard InChI is InChI=1S/C12H19BrN2O3/c1-12(2,18-4)7-10(16)11-9(13)8-14-15(11)5-6-17-3/h8H,5-7H2,1-4H3. The minimum atomic E-state index is -0.479. The van der Waals surface area contributed by atoms with Gasteiger partial charge in [0.25, 0.3) is 0 Å². The highest BCUT2D eigenvalue weighted by Gasteiger charge is 2.25. The number of hydrogen-bond acceptors (Lipinski definition) is 4. The Hall–Kier alpha value is -0.720. The third-order valence-electron chi connectivity index (χ3n) is 2.70. The van der Waals surface area contributed by atoms with Crippen LogP contribution < -0.4 is 0 Å². The highest BCUT2D eigenvalue weighted by Crippen LogP contribution is 2.22. The number of ether oxygens (including phenoxy) is 2. The van der Waals surface area contributed by atoms with Crippen molar-refractivity contribution >= 4 is 21.7 Å². The summed E-state index contributed by atoms with van der Waals surface area (Å²) in [5.74, 6) is 0.00216. The van der Waals surface area contributed by atoms with Gasteiger partial charge >= 0.3 is 0 Å². The molecule has 1 aromatic heterocycles. The summed E-state index contributed by atoms with van der Waals surface area (Å²) in [6.07, 6.45) is 1.93. The zero-order valence-corrected chi connectivity index (χ0v) is 12.8. The van der Waals surface area contributed by atoms with Crippen LogP contribution in [0.2, 0.25) is 0 Å². The zero-order valence-electron chi connectivity index (χ0n) is 11.2. The third-order valence-corrected chi connectivity index (χ3v) is 3.29. The summed E-state index contributed by atoms with van der Waals surface area (Å²) in [5.41, 5.74) is 0.0875. The Morgan fingerprint density at radius 3 is 2.72 bits per heavy atom. The Bertz CT molecular complexity index is 415. The molecule has 0 radical (unpaired) electrons. The molecule has 5 nitrogen and oxygen atoms in total. The maximum Gasteiger partial charge on any atom is 0.184 e. The maximum atomic E-state index is 12.3. The predicted molar refractivity (Wildman–Crippen MR) is 71.8 cm³/mol. The van der Waals surface area contributed by atoms with Crippen LogP contribution in [0.3, 0.4) is 0 Å². The number of Topliss-reactive ketones (excluding diaryl/α,β-unsaturated/α-hetero) is 1. The molecule has 0 atom stereocenters. The molecule has 0 unspecified atom stereocenters. The van der Waals surface area contributed by atoms with Crippen LogP contribution in [0.25, 0.3) is 0 Å². The van der Waals surface area contributed by atoms with Gasteiger partial charge in [0.1, 0.15) is 5.69 Å². The van der Waals surface area contributed by atoms with Crippen LogP contribution in [0.1, 0.15) is 30.8 Å². The van der Waals surface area contributed by atoms with Crippen molar-refractivity contribution in [2.75, 3.05) is 20.8 Å². The monoisotopic (exact) mass is 318 g/mol. The Morgan fingerprint density at radius 1 is 1.50 bits per heavy atom. The molecule has 0 bridgehead atoms. The van der Waals surface area contributed by atoms with Gasteiger partial charge in [-0.25, -0.2) is 0 Å². The largest absolute Gasteiger partial charge is 0.383 e. The van der Waals surface area contributed by atoms with Gasteiger partial charge in [-0.3, -0.25) is 9.48 Å². The highest BCUT2D eigenvalue weighted by molar-refractivity contribution is 9.10. The fourth-order valence-electron chi connectivity index (χ4n) is 1.53. The quantitative estimate of drug-likeness (QED) is 0.724. The SMILES string of the molecule is COCCn1ncc(Br)c1C(=O)CC(C)(C)OC. The van der Waals surface area contributed by atoms with Crippen molar-refractivity contribution in [3.05, 3.63) is 16.4 Å². The van der Waals surface area contributed by atoms with Crippen molar-refractivity contribution in [3.63, 3.8) is 0 Å². The molecule has 6 heteroatoms. The van der Waals surface area contributed by atoms with E-state index in [0.29, 0.717) is 29.7 Å². The zero-order chi connectivity index (χ0) is 13.8. The molecule has 1 aromatic rings. The average Bonchev–Trinajstić information content (AvgIpc) is 2.67. The molecule has 0 saturated heterocycles. The molecule has 0 amide bonds. The molecule has 1 rings (SSSR count). The molecule has 0 saturated carbocycles. The predicted octanol–water partition coefficient (Wildman–Crippen LogP) is 2.29. The van der Waals surface area contributed by atoms with Gasteiger partial charge in [-0.2, -0.15) is 5.10 Å². The van der Waals surface area contributed by atoms with Gasteiger partial charge in [0, 0.05) is 20.6 Å². The first-order chi connectivity index (χ1) is 8.41. The van der Waals surface area contributed by atoms with E-state index in [1.54, 1.807) is 25.1 Å². The minimum Gasteiger partial charge on any atom is -0.383 e. The van der Waals surface area contributed by atoms with Crippen LogP contribution in [0.4, 0.5) is 0 Å². The van der Waals surface area contributed by atoms with E-state index in [4.69, 9.17) is 9.47 Å². The molecule has 0 aliphatic carbocycles. The number of aromatic nitrogens is 2. The second-order valence-electron chi connectivity index (χ2n) is 4.62. The van der Waals surface area contributed by atoms with Crippen molar-refractivity contribution < 1.29 is 14.3 Å². The first kappa shape index (κ1) is 15.3. The number of nitrogens with zero attached hydrogens (tertiary/aromatic N) is 2. The molecule has 0 aromatic carbocycles. The van der Waals surface area contributed by atoms with Gasteiger partial charge in [0.2, 0.25) is 0 Å². The normalized spacial score (nSPS) is 11.8. The van der Waals surface area contributed by atoms with Gasteiger partial charge in [-0.05, 0) is 29.8 Å². The van der Waals surface area contributed by atoms with Gasteiger partial charge in [0.05, 0.1) is 29.4 Å². The van der Waals surface area contributed by atoms with Gasteiger partial charge in [-0.15, -0.1) is 0 Å². The molecule has 18 heavy (non-hydrogen) atoms. The van der Waals surface area contributed by atoms with E-state index in [0.717, 1.165) is 0 Å². The van der Waals surface area contributed by atoms with Gasteiger partial charge in [-0.1, -0.05) is 0 Å². The van der Waals surface area contributed by atoms with E-state index >= 15 is 0 Å². The van der Waals surface area contributed by atoms with E-state index < -0.39 is 5.60 Å². The molecular formula is C12H19BrN2O3. The Balaban J connectivity index is 2.87. The smallest absolute Gasteiger partial charge is 0.184 e. The van der Waals surface area contributed by atoms with Crippen LogP contribution in [0.5, 0.6) is 0 Å². The number of carbonyl (C=O) groups is 1. The van der Waals surface area contributed by atoms with Crippen LogP contribution >= 0.6 is 15.9 Å². The second-order valence-corrected chi connectivity index (χ2v) is 5.48. The first-order valence-electron chi connectivity index (χ1n) is 5.70. The number of halogens is 1. The molecule has 0 fully saturated rings. The fraction of sp³-hybridized carbons (Fsp3) is 0.667. The molecule has 102 valence electrons. The van der Waals surface area contributed by atoms with E-state index in [2.05, 4.69) is 21.0 Å². The van der Waals surface area contributed by atoms with Crippen LogP contribution in [0, 0.1) is 0 Å². The van der Waals surface area contributed by atoms with Gasteiger partial charge < -0.3 is 9.47 Å². The van der Waals surface area contributed by atoms with Crippen LogP contribution in [-0.2, 0) is 16.0 Å². The number of rotatable bonds is 7. The Labute approximate surface area is 116 Å². The van der Waals surface area contributed by atoms with E-state index in [9.17, 15) is 4.79 Å². The number of methoxy groups -OCH3 is 2. The maximum absolute atomic E-state index is 12.3. The number of ketones is 1. The lowest BCUT2D eigenvalue weighted by molar-refractivity contribution is 0.0168. The van der Waals surface area contributed by atoms with Gasteiger partial charge in [0.15, 0.2) is 5.78 Å². The van der Waals surface area contributed by atoms with Crippen LogP contribution in [-0.4, -0.2) is 42.0 Å². The Kier molecular flexibility index (Phi) is 5.49. The summed E-state index contributed by atoms with van der Waals surface area (Å²) in [7, 11) is 3.22. The van der Waals surface area contributed by atoms with Crippen molar-refractivity contribution in [2.45, 2.75) is 32.4 Å². The van der Waals surface area contributed by atoms with Crippen molar-refractivity contribution in [3.8, 4) is 0 Å². The molecular weight excluding hydrogens is 300 g/mol. The molecule has 1 heterocycles.